The number of carbonyl (C=O) groups excluding carboxylic acids is 1. The Morgan fingerprint density at radius 3 is 2.55 bits per heavy atom. The molecule has 0 radical (unpaired) electrons. The van der Waals surface area contributed by atoms with E-state index in [-0.39, 0.29) is 12.1 Å². The maximum atomic E-state index is 13.5. The highest BCUT2D eigenvalue weighted by Gasteiger charge is 2.25. The average molecular weight is 286 g/mol. The van der Waals surface area contributed by atoms with E-state index in [1.165, 1.54) is 0 Å². The predicted molar refractivity (Wildman–Crippen MR) is 68.6 cm³/mol. The number of carbonyl (C=O) groups is 1. The van der Waals surface area contributed by atoms with Crippen molar-refractivity contribution in [2.75, 3.05) is 0 Å². The molecule has 0 saturated heterocycles. The van der Waals surface area contributed by atoms with Crippen molar-refractivity contribution < 1.29 is 18.0 Å². The first-order valence-electron chi connectivity index (χ1n) is 6.70. The van der Waals surface area contributed by atoms with Crippen molar-refractivity contribution in [2.24, 2.45) is 5.73 Å². The maximum Gasteiger partial charge on any atom is 0.254 e. The molecular weight excluding hydrogens is 269 g/mol. The van der Waals surface area contributed by atoms with Gasteiger partial charge in [0.05, 0.1) is 5.56 Å². The number of rotatable bonds is 2. The lowest BCUT2D eigenvalue weighted by Crippen LogP contribution is -2.47. The molecule has 3 N–H and O–H groups in total. The summed E-state index contributed by atoms with van der Waals surface area (Å²) in [4.78, 5) is 12.0. The zero-order valence-electron chi connectivity index (χ0n) is 11.0. The van der Waals surface area contributed by atoms with Crippen molar-refractivity contribution in [3.63, 3.8) is 0 Å². The monoisotopic (exact) mass is 286 g/mol. The van der Waals surface area contributed by atoms with E-state index in [9.17, 15) is 18.0 Å². The summed E-state index contributed by atoms with van der Waals surface area (Å²) < 4.78 is 39.5. The summed E-state index contributed by atoms with van der Waals surface area (Å²) in [5.41, 5.74) is 5.46. The summed E-state index contributed by atoms with van der Waals surface area (Å²) in [6.45, 7) is 0. The van der Waals surface area contributed by atoms with Crippen LogP contribution in [0.4, 0.5) is 13.2 Å². The standard InChI is InChI=1S/C14H17F3N2O/c15-9-7-6-8(12(16)13(9)17)14(20)19-11-5-3-1-2-4-10(11)18/h6-7,10-11H,1-5,18H2,(H,19,20). The second-order valence-corrected chi connectivity index (χ2v) is 5.10. The van der Waals surface area contributed by atoms with Gasteiger partial charge in [0.25, 0.3) is 5.91 Å². The highest BCUT2D eigenvalue weighted by molar-refractivity contribution is 5.94. The third kappa shape index (κ3) is 3.12. The quantitative estimate of drug-likeness (QED) is 0.648. The van der Waals surface area contributed by atoms with Gasteiger partial charge in [-0.15, -0.1) is 0 Å². The molecule has 0 bridgehead atoms. The van der Waals surface area contributed by atoms with E-state index in [0.29, 0.717) is 6.42 Å². The summed E-state index contributed by atoms with van der Waals surface area (Å²) >= 11 is 0. The summed E-state index contributed by atoms with van der Waals surface area (Å²) in [7, 11) is 0. The Balaban J connectivity index is 2.13. The number of halogens is 3. The van der Waals surface area contributed by atoms with Crippen molar-refractivity contribution in [1.82, 2.24) is 5.32 Å². The molecule has 1 aliphatic rings. The normalized spacial score (nSPS) is 23.2. The molecule has 6 heteroatoms. The Morgan fingerprint density at radius 1 is 1.10 bits per heavy atom. The van der Waals surface area contributed by atoms with Gasteiger partial charge in [0.15, 0.2) is 17.5 Å². The fraction of sp³-hybridized carbons (Fsp3) is 0.500. The summed E-state index contributed by atoms with van der Waals surface area (Å²) in [6, 6.07) is 1.21. The number of hydrogen-bond acceptors (Lipinski definition) is 2. The molecule has 0 heterocycles. The van der Waals surface area contributed by atoms with Gasteiger partial charge in [0.1, 0.15) is 0 Å². The first-order chi connectivity index (χ1) is 9.50. The van der Waals surface area contributed by atoms with Gasteiger partial charge in [-0.2, -0.15) is 0 Å². The van der Waals surface area contributed by atoms with Gasteiger partial charge in [0.2, 0.25) is 0 Å². The molecular formula is C14H17F3N2O. The minimum Gasteiger partial charge on any atom is -0.348 e. The molecule has 1 amide bonds. The minimum absolute atomic E-state index is 0.199. The van der Waals surface area contributed by atoms with Gasteiger partial charge in [-0.1, -0.05) is 19.3 Å². The number of benzene rings is 1. The Bertz CT molecular complexity index is 507. The topological polar surface area (TPSA) is 55.1 Å². The van der Waals surface area contributed by atoms with Crippen molar-refractivity contribution >= 4 is 5.91 Å². The smallest absolute Gasteiger partial charge is 0.254 e. The SMILES string of the molecule is NC1CCCCCC1NC(=O)c1ccc(F)c(F)c1F. The van der Waals surface area contributed by atoms with Crippen LogP contribution >= 0.6 is 0 Å². The minimum atomic E-state index is -1.64. The van der Waals surface area contributed by atoms with E-state index < -0.39 is 28.9 Å². The van der Waals surface area contributed by atoms with Crippen LogP contribution in [-0.4, -0.2) is 18.0 Å². The van der Waals surface area contributed by atoms with Gasteiger partial charge >= 0.3 is 0 Å². The van der Waals surface area contributed by atoms with E-state index in [2.05, 4.69) is 5.32 Å². The van der Waals surface area contributed by atoms with Crippen LogP contribution in [0.25, 0.3) is 0 Å². The number of hydrogen-bond donors (Lipinski definition) is 2. The summed E-state index contributed by atoms with van der Waals surface area (Å²) in [5, 5.41) is 2.62. The molecule has 0 aliphatic heterocycles. The van der Waals surface area contributed by atoms with Crippen molar-refractivity contribution in [2.45, 2.75) is 44.2 Å². The maximum absolute atomic E-state index is 13.5. The first kappa shape index (κ1) is 14.8. The largest absolute Gasteiger partial charge is 0.348 e. The molecule has 0 aromatic heterocycles. The molecule has 3 nitrogen and oxygen atoms in total. The van der Waals surface area contributed by atoms with E-state index in [4.69, 9.17) is 5.73 Å². The fourth-order valence-corrected chi connectivity index (χ4v) is 2.46. The van der Waals surface area contributed by atoms with Crippen LogP contribution in [0, 0.1) is 17.5 Å². The summed E-state index contributed by atoms with van der Waals surface area (Å²) in [6.07, 6.45) is 4.45. The second kappa shape index (κ2) is 6.26. The van der Waals surface area contributed by atoms with Crippen LogP contribution in [0.15, 0.2) is 12.1 Å². The van der Waals surface area contributed by atoms with Crippen LogP contribution in [0.2, 0.25) is 0 Å². The lowest BCUT2D eigenvalue weighted by atomic mass is 10.0. The van der Waals surface area contributed by atoms with E-state index in [0.717, 1.165) is 37.8 Å². The zero-order valence-corrected chi connectivity index (χ0v) is 11.0. The van der Waals surface area contributed by atoms with Crippen molar-refractivity contribution in [3.8, 4) is 0 Å². The van der Waals surface area contributed by atoms with Gasteiger partial charge in [-0.05, 0) is 25.0 Å². The highest BCUT2D eigenvalue weighted by Crippen LogP contribution is 2.19. The van der Waals surface area contributed by atoms with Crippen LogP contribution in [-0.2, 0) is 0 Å². The molecule has 1 fully saturated rings. The highest BCUT2D eigenvalue weighted by atomic mass is 19.2. The molecule has 110 valence electrons. The molecule has 1 aromatic rings. The second-order valence-electron chi connectivity index (χ2n) is 5.10. The Labute approximate surface area is 115 Å². The van der Waals surface area contributed by atoms with Crippen LogP contribution in [0.5, 0.6) is 0 Å². The molecule has 1 saturated carbocycles. The van der Waals surface area contributed by atoms with E-state index in [1.54, 1.807) is 0 Å². The average Bonchev–Trinajstić information content (AvgIpc) is 2.61. The molecule has 2 atom stereocenters. The lowest BCUT2D eigenvalue weighted by molar-refractivity contribution is 0.0923. The molecule has 0 spiro atoms. The number of amides is 1. The van der Waals surface area contributed by atoms with Crippen molar-refractivity contribution in [3.05, 3.63) is 35.1 Å². The third-order valence-corrected chi connectivity index (χ3v) is 3.67. The molecule has 1 aromatic carbocycles. The zero-order chi connectivity index (χ0) is 14.7. The molecule has 2 unspecified atom stereocenters. The van der Waals surface area contributed by atoms with E-state index in [1.807, 2.05) is 0 Å². The van der Waals surface area contributed by atoms with Gasteiger partial charge in [-0.25, -0.2) is 13.2 Å². The number of nitrogens with one attached hydrogen (secondary N) is 1. The fourth-order valence-electron chi connectivity index (χ4n) is 2.46. The first-order valence-corrected chi connectivity index (χ1v) is 6.70. The van der Waals surface area contributed by atoms with Crippen molar-refractivity contribution in [1.29, 1.82) is 0 Å². The molecule has 1 aliphatic carbocycles. The van der Waals surface area contributed by atoms with E-state index >= 15 is 0 Å². The van der Waals surface area contributed by atoms with Gasteiger partial charge < -0.3 is 11.1 Å². The predicted octanol–water partition coefficient (Wildman–Crippen LogP) is 2.49. The van der Waals surface area contributed by atoms with Gasteiger partial charge in [0, 0.05) is 12.1 Å². The number of nitrogens with two attached hydrogens (primary N) is 1. The van der Waals surface area contributed by atoms with Crippen LogP contribution in [0.1, 0.15) is 42.5 Å². The van der Waals surface area contributed by atoms with Gasteiger partial charge in [-0.3, -0.25) is 4.79 Å². The Hall–Kier alpha value is -1.56. The lowest BCUT2D eigenvalue weighted by Gasteiger charge is -2.22. The van der Waals surface area contributed by atoms with Crippen LogP contribution < -0.4 is 11.1 Å². The third-order valence-electron chi connectivity index (χ3n) is 3.67. The molecule has 20 heavy (non-hydrogen) atoms. The summed E-state index contributed by atoms with van der Waals surface area (Å²) in [5.74, 6) is -5.18. The Morgan fingerprint density at radius 2 is 1.80 bits per heavy atom. The molecule has 2 rings (SSSR count). The Kier molecular flexibility index (Phi) is 4.65. The van der Waals surface area contributed by atoms with Crippen LogP contribution in [0.3, 0.4) is 0 Å².